The van der Waals surface area contributed by atoms with E-state index < -0.39 is 0 Å². The zero-order chi connectivity index (χ0) is 44.7. The lowest BCUT2D eigenvalue weighted by molar-refractivity contribution is 0.551. The number of benzene rings is 11. The lowest BCUT2D eigenvalue weighted by Crippen LogP contribution is -2.21. The van der Waals surface area contributed by atoms with E-state index in [2.05, 4.69) is 215 Å². The molecule has 0 aliphatic heterocycles. The zero-order valence-electron chi connectivity index (χ0n) is 37.9. The maximum Gasteiger partial charge on any atom is 0.0620 e. The van der Waals surface area contributed by atoms with Gasteiger partial charge in [0.2, 0.25) is 0 Å². The van der Waals surface area contributed by atoms with Crippen LogP contribution in [0.25, 0.3) is 142 Å². The minimum absolute atomic E-state index is 0.00338. The molecule has 2 aliphatic carbocycles. The van der Waals surface area contributed by atoms with Crippen molar-refractivity contribution in [2.75, 3.05) is 0 Å². The Morgan fingerprint density at radius 3 is 1.30 bits per heavy atom. The van der Waals surface area contributed by atoms with Crippen LogP contribution in [0.1, 0.15) is 36.8 Å². The Labute approximate surface area is 397 Å². The highest BCUT2D eigenvalue weighted by atomic mass is 14.9. The first-order valence-electron chi connectivity index (χ1n) is 24.8. The molecule has 4 aromatic heterocycles. The van der Waals surface area contributed by atoms with Crippen molar-refractivity contribution in [3.8, 4) is 44.5 Å². The number of rotatable bonds is 3. The molecule has 69 heavy (non-hydrogen) atoms. The first kappa shape index (κ1) is 36.6. The third kappa shape index (κ3) is 4.41. The molecule has 0 unspecified atom stereocenters. The van der Waals surface area contributed by atoms with Gasteiger partial charge in [0.15, 0.2) is 0 Å². The zero-order valence-corrected chi connectivity index (χ0v) is 37.9. The molecular weight excluding hydrogens is 833 g/mol. The molecule has 320 valence electrons. The molecule has 0 amide bonds. The second-order valence-electron chi connectivity index (χ2n) is 20.1. The van der Waals surface area contributed by atoms with Crippen molar-refractivity contribution in [1.29, 1.82) is 0 Å². The highest BCUT2D eigenvalue weighted by Gasteiger charge is 2.46. The fraction of sp³-hybridized carbons (Fsp3) is 0.0746. The van der Waals surface area contributed by atoms with Crippen LogP contribution in [-0.2, 0) is 5.41 Å². The molecule has 2 aliphatic rings. The van der Waals surface area contributed by atoms with E-state index in [9.17, 15) is 0 Å². The minimum Gasteiger partial charge on any atom is -0.308 e. The third-order valence-electron chi connectivity index (χ3n) is 17.1. The van der Waals surface area contributed by atoms with E-state index in [1.807, 2.05) is 0 Å². The molecule has 0 bridgehead atoms. The molecule has 1 saturated carbocycles. The SMILES string of the molecule is c1ccc2c(c1)-c1cccc(-c3c4cccc(-c5cccc6c5c5cccc7c8ccccc8n6c75)c4cc4c(-c5cccc6c5c5cccc7c8ccccc8n6c75)cccc34)c1C21CCCC1. The van der Waals surface area contributed by atoms with Crippen LogP contribution in [0.5, 0.6) is 0 Å². The Balaban J connectivity index is 1.03. The molecule has 11 aromatic carbocycles. The maximum absolute atomic E-state index is 2.57. The first-order valence-corrected chi connectivity index (χ1v) is 24.8. The molecule has 2 heteroatoms. The van der Waals surface area contributed by atoms with Crippen LogP contribution in [0.2, 0.25) is 0 Å². The van der Waals surface area contributed by atoms with E-state index in [1.165, 1.54) is 179 Å². The van der Waals surface area contributed by atoms with E-state index in [0.29, 0.717) is 0 Å². The summed E-state index contributed by atoms with van der Waals surface area (Å²) in [5.41, 5.74) is 21.3. The first-order chi connectivity index (χ1) is 34.3. The summed E-state index contributed by atoms with van der Waals surface area (Å²) < 4.78 is 5.04. The van der Waals surface area contributed by atoms with E-state index in [-0.39, 0.29) is 5.41 Å². The van der Waals surface area contributed by atoms with Crippen molar-refractivity contribution in [3.63, 3.8) is 0 Å². The van der Waals surface area contributed by atoms with Gasteiger partial charge in [-0.15, -0.1) is 0 Å². The van der Waals surface area contributed by atoms with Crippen molar-refractivity contribution < 1.29 is 0 Å². The Kier molecular flexibility index (Phi) is 6.87. The summed E-state index contributed by atoms with van der Waals surface area (Å²) in [4.78, 5) is 0. The lowest BCUT2D eigenvalue weighted by atomic mass is 9.73. The van der Waals surface area contributed by atoms with Crippen LogP contribution >= 0.6 is 0 Å². The fourth-order valence-electron chi connectivity index (χ4n) is 14.6. The normalized spacial score (nSPS) is 14.6. The molecule has 1 spiro atoms. The highest BCUT2D eigenvalue weighted by Crippen LogP contribution is 2.60. The lowest BCUT2D eigenvalue weighted by Gasteiger charge is -2.30. The summed E-state index contributed by atoms with van der Waals surface area (Å²) in [5, 5.41) is 15.7. The van der Waals surface area contributed by atoms with Crippen molar-refractivity contribution in [1.82, 2.24) is 8.80 Å². The van der Waals surface area contributed by atoms with Gasteiger partial charge >= 0.3 is 0 Å². The highest BCUT2D eigenvalue weighted by molar-refractivity contribution is 6.30. The minimum atomic E-state index is -0.00338. The Morgan fingerprint density at radius 2 is 0.696 bits per heavy atom. The van der Waals surface area contributed by atoms with Gasteiger partial charge in [-0.05, 0) is 120 Å². The Hall–Kier alpha value is -8.46. The second-order valence-corrected chi connectivity index (χ2v) is 20.1. The van der Waals surface area contributed by atoms with Gasteiger partial charge < -0.3 is 8.80 Å². The van der Waals surface area contributed by atoms with Gasteiger partial charge in [0.05, 0.1) is 33.1 Å². The molecular formula is C67H42N2. The van der Waals surface area contributed by atoms with Crippen LogP contribution in [0.3, 0.4) is 0 Å². The van der Waals surface area contributed by atoms with Crippen LogP contribution in [0.4, 0.5) is 0 Å². The fourth-order valence-corrected chi connectivity index (χ4v) is 14.6. The smallest absolute Gasteiger partial charge is 0.0620 e. The summed E-state index contributed by atoms with van der Waals surface area (Å²) in [6.07, 6.45) is 4.86. The molecule has 4 heterocycles. The number of para-hydroxylation sites is 4. The van der Waals surface area contributed by atoms with Crippen molar-refractivity contribution >= 4 is 97.7 Å². The van der Waals surface area contributed by atoms with Gasteiger partial charge in [-0.3, -0.25) is 0 Å². The van der Waals surface area contributed by atoms with E-state index >= 15 is 0 Å². The molecule has 2 nitrogen and oxygen atoms in total. The average molecular weight is 875 g/mol. The predicted molar refractivity (Wildman–Crippen MR) is 292 cm³/mol. The van der Waals surface area contributed by atoms with Crippen molar-refractivity contribution in [2.45, 2.75) is 31.1 Å². The number of fused-ring (bicyclic) bond motifs is 19. The topological polar surface area (TPSA) is 8.82 Å². The summed E-state index contributed by atoms with van der Waals surface area (Å²) in [6, 6.07) is 79.0. The number of nitrogens with zero attached hydrogens (tertiary/aromatic N) is 2. The van der Waals surface area contributed by atoms with Crippen LogP contribution < -0.4 is 0 Å². The van der Waals surface area contributed by atoms with Crippen molar-refractivity contribution in [3.05, 3.63) is 217 Å². The largest absolute Gasteiger partial charge is 0.308 e. The third-order valence-corrected chi connectivity index (χ3v) is 17.1. The summed E-state index contributed by atoms with van der Waals surface area (Å²) in [7, 11) is 0. The van der Waals surface area contributed by atoms with Crippen LogP contribution in [-0.4, -0.2) is 8.80 Å². The predicted octanol–water partition coefficient (Wildman–Crippen LogP) is 18.1. The summed E-state index contributed by atoms with van der Waals surface area (Å²) in [6.45, 7) is 0. The Bertz CT molecular complexity index is 4480. The molecule has 0 N–H and O–H groups in total. The quantitative estimate of drug-likeness (QED) is 0.156. The molecule has 0 atom stereocenters. The molecule has 0 radical (unpaired) electrons. The summed E-state index contributed by atoms with van der Waals surface area (Å²) >= 11 is 0. The standard InChI is InChI=1S/C67H42N2/c1-4-31-56-41(16-1)48-25-11-28-51(64(48)67(56)36-7-8-37-67)61-46-21-9-19-39(44-23-14-34-59-62(44)52-29-12-26-49-42-17-2-5-32-57(42)68(59)65(49)52)54(46)38-55-40(20-10-22-47(55)61)45-24-15-35-60-63(45)53-30-13-27-50-43-18-3-6-33-58(43)69(60)66(50)53/h1-6,9-35,38H,7-8,36-37H2. The maximum atomic E-state index is 2.57. The molecule has 0 saturated heterocycles. The van der Waals surface area contributed by atoms with Gasteiger partial charge in [-0.1, -0.05) is 189 Å². The monoisotopic (exact) mass is 874 g/mol. The number of hydrogen-bond donors (Lipinski definition) is 0. The summed E-state index contributed by atoms with van der Waals surface area (Å²) in [5.74, 6) is 0. The van der Waals surface area contributed by atoms with Gasteiger partial charge in [0, 0.05) is 48.5 Å². The number of hydrogen-bond acceptors (Lipinski definition) is 0. The van der Waals surface area contributed by atoms with Crippen LogP contribution in [0, 0.1) is 0 Å². The van der Waals surface area contributed by atoms with Crippen molar-refractivity contribution in [2.24, 2.45) is 0 Å². The number of aromatic nitrogens is 2. The molecule has 1 fully saturated rings. The van der Waals surface area contributed by atoms with Gasteiger partial charge in [0.1, 0.15) is 0 Å². The van der Waals surface area contributed by atoms with Gasteiger partial charge in [-0.2, -0.15) is 0 Å². The van der Waals surface area contributed by atoms with E-state index in [0.717, 1.165) is 0 Å². The second kappa shape index (κ2) is 12.9. The van der Waals surface area contributed by atoms with E-state index in [1.54, 1.807) is 0 Å². The average Bonchev–Trinajstić information content (AvgIpc) is 4.27. The van der Waals surface area contributed by atoms with Gasteiger partial charge in [0.25, 0.3) is 0 Å². The van der Waals surface area contributed by atoms with E-state index in [4.69, 9.17) is 0 Å². The molecule has 15 aromatic rings. The Morgan fingerprint density at radius 1 is 0.290 bits per heavy atom. The van der Waals surface area contributed by atoms with Gasteiger partial charge in [-0.25, -0.2) is 0 Å². The van der Waals surface area contributed by atoms with Crippen LogP contribution in [0.15, 0.2) is 206 Å². The molecule has 17 rings (SSSR count).